The highest BCUT2D eigenvalue weighted by Crippen LogP contribution is 2.23. The summed E-state index contributed by atoms with van der Waals surface area (Å²) in [5, 5.41) is 5.51. The standard InChI is InChI=1S/C16H22N2O2S/c1-3-9-17-14(16(19)20-4-2)11-21-15-10-12-7-5-6-8-13(12)18-15/h5-8,10,14,17-18H,3-4,9,11H2,1-2H3. The topological polar surface area (TPSA) is 54.1 Å². The van der Waals surface area contributed by atoms with Crippen molar-refractivity contribution in [2.24, 2.45) is 0 Å². The van der Waals surface area contributed by atoms with Gasteiger partial charge in [0.25, 0.3) is 0 Å². The number of para-hydroxylation sites is 1. The monoisotopic (exact) mass is 306 g/mol. The fourth-order valence-corrected chi connectivity index (χ4v) is 3.06. The maximum absolute atomic E-state index is 11.9. The number of carbonyl (C=O) groups excluding carboxylic acids is 1. The smallest absolute Gasteiger partial charge is 0.323 e. The second-order valence-corrected chi connectivity index (χ2v) is 5.85. The van der Waals surface area contributed by atoms with Crippen molar-refractivity contribution >= 4 is 28.6 Å². The maximum atomic E-state index is 11.9. The van der Waals surface area contributed by atoms with Crippen LogP contribution in [-0.2, 0) is 9.53 Å². The van der Waals surface area contributed by atoms with Crippen LogP contribution >= 0.6 is 11.8 Å². The summed E-state index contributed by atoms with van der Waals surface area (Å²) in [6, 6.07) is 10.0. The molecule has 0 radical (unpaired) electrons. The Kier molecular flexibility index (Phi) is 6.14. The number of aromatic amines is 1. The first kappa shape index (κ1) is 15.9. The highest BCUT2D eigenvalue weighted by atomic mass is 32.2. The third-order valence-electron chi connectivity index (χ3n) is 3.12. The van der Waals surface area contributed by atoms with E-state index in [0.717, 1.165) is 23.5 Å². The average Bonchev–Trinajstić information content (AvgIpc) is 2.90. The molecule has 0 fully saturated rings. The summed E-state index contributed by atoms with van der Waals surface area (Å²) >= 11 is 1.64. The van der Waals surface area contributed by atoms with Gasteiger partial charge >= 0.3 is 5.97 Å². The Morgan fingerprint density at radius 1 is 1.38 bits per heavy atom. The summed E-state index contributed by atoms with van der Waals surface area (Å²) in [4.78, 5) is 15.3. The van der Waals surface area contributed by atoms with E-state index in [0.29, 0.717) is 12.4 Å². The quantitative estimate of drug-likeness (QED) is 0.581. The zero-order valence-electron chi connectivity index (χ0n) is 12.5. The number of rotatable bonds is 8. The maximum Gasteiger partial charge on any atom is 0.323 e. The number of benzene rings is 1. The molecule has 1 aromatic heterocycles. The highest BCUT2D eigenvalue weighted by Gasteiger charge is 2.19. The molecule has 2 N–H and O–H groups in total. The van der Waals surface area contributed by atoms with E-state index in [4.69, 9.17) is 4.74 Å². The zero-order valence-corrected chi connectivity index (χ0v) is 13.3. The number of aromatic nitrogens is 1. The van der Waals surface area contributed by atoms with Gasteiger partial charge in [-0.2, -0.15) is 0 Å². The minimum atomic E-state index is -0.263. The van der Waals surface area contributed by atoms with Crippen molar-refractivity contribution in [3.63, 3.8) is 0 Å². The van der Waals surface area contributed by atoms with Crippen molar-refractivity contribution in [1.29, 1.82) is 0 Å². The minimum absolute atomic E-state index is 0.172. The lowest BCUT2D eigenvalue weighted by molar-refractivity contribution is -0.144. The van der Waals surface area contributed by atoms with Crippen LogP contribution in [0.1, 0.15) is 20.3 Å². The lowest BCUT2D eigenvalue weighted by atomic mass is 10.3. The summed E-state index contributed by atoms with van der Waals surface area (Å²) in [7, 11) is 0. The minimum Gasteiger partial charge on any atom is -0.465 e. The Morgan fingerprint density at radius 3 is 2.90 bits per heavy atom. The normalized spacial score (nSPS) is 12.5. The molecule has 1 atom stereocenters. The molecule has 0 amide bonds. The van der Waals surface area contributed by atoms with Crippen molar-refractivity contribution in [2.75, 3.05) is 18.9 Å². The van der Waals surface area contributed by atoms with Crippen molar-refractivity contribution in [3.8, 4) is 0 Å². The van der Waals surface area contributed by atoms with Gasteiger partial charge in [-0.3, -0.25) is 4.79 Å². The number of hydrogen-bond donors (Lipinski definition) is 2. The molecular formula is C16H22N2O2S. The molecule has 5 heteroatoms. The van der Waals surface area contributed by atoms with Gasteiger partial charge < -0.3 is 15.0 Å². The van der Waals surface area contributed by atoms with Crippen LogP contribution in [0, 0.1) is 0 Å². The number of hydrogen-bond acceptors (Lipinski definition) is 4. The summed E-state index contributed by atoms with van der Waals surface area (Å²) in [5.74, 6) is 0.487. The van der Waals surface area contributed by atoms with E-state index >= 15 is 0 Å². The molecule has 0 spiro atoms. The average molecular weight is 306 g/mol. The molecule has 0 aliphatic carbocycles. The van der Waals surface area contributed by atoms with Crippen LogP contribution < -0.4 is 5.32 Å². The third kappa shape index (κ3) is 4.51. The van der Waals surface area contributed by atoms with Crippen molar-refractivity contribution in [1.82, 2.24) is 10.3 Å². The molecule has 1 heterocycles. The largest absolute Gasteiger partial charge is 0.465 e. The first-order valence-electron chi connectivity index (χ1n) is 7.35. The highest BCUT2D eigenvalue weighted by molar-refractivity contribution is 7.99. The van der Waals surface area contributed by atoms with Gasteiger partial charge in [-0.15, -0.1) is 11.8 Å². The Labute approximate surface area is 129 Å². The molecular weight excluding hydrogens is 284 g/mol. The second-order valence-electron chi connectivity index (χ2n) is 4.79. The van der Waals surface area contributed by atoms with Gasteiger partial charge in [-0.25, -0.2) is 0 Å². The van der Waals surface area contributed by atoms with E-state index in [1.807, 2.05) is 19.1 Å². The lowest BCUT2D eigenvalue weighted by Gasteiger charge is -2.16. The van der Waals surface area contributed by atoms with E-state index in [-0.39, 0.29) is 12.0 Å². The third-order valence-corrected chi connectivity index (χ3v) is 4.15. The number of thioether (sulfide) groups is 1. The Balaban J connectivity index is 1.97. The van der Waals surface area contributed by atoms with Gasteiger partial charge in [0.15, 0.2) is 0 Å². The SMILES string of the molecule is CCCNC(CSc1cc2ccccc2[nH]1)C(=O)OCC. The van der Waals surface area contributed by atoms with Gasteiger partial charge in [0.2, 0.25) is 0 Å². The molecule has 114 valence electrons. The first-order chi connectivity index (χ1) is 10.2. The number of esters is 1. The first-order valence-corrected chi connectivity index (χ1v) is 8.33. The lowest BCUT2D eigenvalue weighted by Crippen LogP contribution is -2.40. The van der Waals surface area contributed by atoms with Crippen molar-refractivity contribution in [3.05, 3.63) is 30.3 Å². The Morgan fingerprint density at radius 2 is 2.19 bits per heavy atom. The fraction of sp³-hybridized carbons (Fsp3) is 0.438. The molecule has 0 saturated carbocycles. The van der Waals surface area contributed by atoms with Crippen LogP contribution in [0.5, 0.6) is 0 Å². The number of fused-ring (bicyclic) bond motifs is 1. The van der Waals surface area contributed by atoms with Crippen LogP contribution in [0.15, 0.2) is 35.4 Å². The molecule has 0 saturated heterocycles. The van der Waals surface area contributed by atoms with Crippen LogP contribution in [-0.4, -0.2) is 35.9 Å². The van der Waals surface area contributed by atoms with E-state index in [1.165, 1.54) is 5.39 Å². The van der Waals surface area contributed by atoms with Gasteiger partial charge in [0.1, 0.15) is 6.04 Å². The summed E-state index contributed by atoms with van der Waals surface area (Å²) in [6.07, 6.45) is 0.993. The fourth-order valence-electron chi connectivity index (χ4n) is 2.07. The second kappa shape index (κ2) is 8.10. The molecule has 21 heavy (non-hydrogen) atoms. The van der Waals surface area contributed by atoms with Gasteiger partial charge in [-0.1, -0.05) is 25.1 Å². The van der Waals surface area contributed by atoms with Crippen LogP contribution in [0.3, 0.4) is 0 Å². The number of carbonyl (C=O) groups is 1. The van der Waals surface area contributed by atoms with Gasteiger partial charge in [0, 0.05) is 16.7 Å². The predicted octanol–water partition coefficient (Wildman–Crippen LogP) is 3.19. The molecule has 0 aliphatic rings. The number of nitrogens with one attached hydrogen (secondary N) is 2. The molecule has 1 unspecified atom stereocenters. The van der Waals surface area contributed by atoms with E-state index < -0.39 is 0 Å². The van der Waals surface area contributed by atoms with Crippen LogP contribution in [0.4, 0.5) is 0 Å². The Hall–Kier alpha value is -1.46. The molecule has 0 bridgehead atoms. The molecule has 0 aliphatic heterocycles. The summed E-state index contributed by atoms with van der Waals surface area (Å²) < 4.78 is 5.12. The van der Waals surface area contributed by atoms with Crippen molar-refractivity contribution in [2.45, 2.75) is 31.3 Å². The molecule has 4 nitrogen and oxygen atoms in total. The molecule has 2 aromatic rings. The van der Waals surface area contributed by atoms with E-state index in [1.54, 1.807) is 11.8 Å². The van der Waals surface area contributed by atoms with Crippen LogP contribution in [0.2, 0.25) is 0 Å². The van der Waals surface area contributed by atoms with E-state index in [2.05, 4.69) is 35.4 Å². The van der Waals surface area contributed by atoms with Crippen molar-refractivity contribution < 1.29 is 9.53 Å². The van der Waals surface area contributed by atoms with Gasteiger partial charge in [-0.05, 0) is 32.0 Å². The molecule has 2 rings (SSSR count). The Bertz CT molecular complexity index is 549. The predicted molar refractivity (Wildman–Crippen MR) is 87.7 cm³/mol. The van der Waals surface area contributed by atoms with E-state index in [9.17, 15) is 4.79 Å². The number of ether oxygens (including phenoxy) is 1. The molecule has 1 aromatic carbocycles. The summed E-state index contributed by atoms with van der Waals surface area (Å²) in [5.41, 5.74) is 1.12. The summed E-state index contributed by atoms with van der Waals surface area (Å²) in [6.45, 7) is 5.15. The number of H-pyrrole nitrogens is 1. The van der Waals surface area contributed by atoms with Crippen LogP contribution in [0.25, 0.3) is 10.9 Å². The van der Waals surface area contributed by atoms with Gasteiger partial charge in [0.05, 0.1) is 11.6 Å². The zero-order chi connectivity index (χ0) is 15.1.